The Balaban J connectivity index is 2.18. The number of aromatic nitrogens is 1. The van der Waals surface area contributed by atoms with Crippen LogP contribution in [0.25, 0.3) is 10.9 Å². The Labute approximate surface area is 316 Å². The summed E-state index contributed by atoms with van der Waals surface area (Å²) in [4.78, 5) is 96.4. The molecule has 1 heterocycles. The fourth-order valence-electron chi connectivity index (χ4n) is 5.19. The Morgan fingerprint density at radius 3 is 1.89 bits per heavy atom. The molecule has 6 amide bonds. The van der Waals surface area contributed by atoms with Gasteiger partial charge in [0, 0.05) is 42.7 Å². The number of para-hydroxylation sites is 1. The van der Waals surface area contributed by atoms with Gasteiger partial charge in [-0.3, -0.25) is 33.8 Å². The number of carboxylic acids is 1. The van der Waals surface area contributed by atoms with Crippen LogP contribution in [0.15, 0.2) is 35.5 Å². The zero-order chi connectivity index (χ0) is 40.5. The molecule has 20 nitrogen and oxygen atoms in total. The quantitative estimate of drug-likeness (QED) is 0.0238. The van der Waals surface area contributed by atoms with Crippen molar-refractivity contribution in [1.82, 2.24) is 36.9 Å². The minimum Gasteiger partial charge on any atom is -0.480 e. The van der Waals surface area contributed by atoms with E-state index < -0.39 is 96.8 Å². The van der Waals surface area contributed by atoms with E-state index in [0.717, 1.165) is 17.8 Å². The first-order valence-electron chi connectivity index (χ1n) is 17.0. The van der Waals surface area contributed by atoms with Gasteiger partial charge in [0.15, 0.2) is 5.96 Å². The van der Waals surface area contributed by atoms with Crippen molar-refractivity contribution in [3.8, 4) is 0 Å². The van der Waals surface area contributed by atoms with Crippen molar-refractivity contribution in [2.45, 2.75) is 76.3 Å². The molecule has 0 saturated carbocycles. The standard InChI is InChI=1S/C33H50N10O10S/c1-16(2)26(43-29(49)23(13-44)38-17(3)46)31(51)39-21(9-6-10-36-33(34)35)27(47)42-25(15-54)30(50)41-24(14-45)28(48)40-22(32(52)53)11-18-12-37-20-8-5-4-7-19(18)20/h4-5,7-8,12,16,21-26,37,44-45,54H,6,9-11,13-15H2,1-3H3,(H,38,46)(H,39,51)(H,40,48)(H,41,50)(H,42,47)(H,43,49)(H,52,53)(H4,34,35,36)/t21-,22-,23-,24-,25-,26-/m0/s1. The van der Waals surface area contributed by atoms with E-state index in [4.69, 9.17) is 11.5 Å². The number of aliphatic hydroxyl groups excluding tert-OH is 2. The zero-order valence-electron chi connectivity index (χ0n) is 30.1. The number of hydrogen-bond donors (Lipinski definition) is 13. The summed E-state index contributed by atoms with van der Waals surface area (Å²) in [7, 11) is 0. The number of carbonyl (C=O) groups excluding carboxylic acids is 6. The van der Waals surface area contributed by atoms with Gasteiger partial charge in [-0.15, -0.1) is 0 Å². The maximum absolute atomic E-state index is 13.5. The SMILES string of the molecule is CC(=O)N[C@@H](CO)C(=O)N[C@H](C(=O)N[C@@H](CCCN=C(N)N)C(=O)N[C@@H](CS)C(=O)N[C@@H](CO)C(=O)N[C@@H](Cc1c[nH]c2ccccc12)C(=O)O)C(C)C. The zero-order valence-corrected chi connectivity index (χ0v) is 31.0. The normalized spacial score (nSPS) is 14.4. The molecule has 0 radical (unpaired) electrons. The molecule has 0 saturated heterocycles. The number of aliphatic imine (C=N–C) groups is 1. The van der Waals surface area contributed by atoms with E-state index in [2.05, 4.69) is 54.5 Å². The van der Waals surface area contributed by atoms with E-state index in [1.807, 2.05) is 0 Å². The van der Waals surface area contributed by atoms with E-state index in [0.29, 0.717) is 5.56 Å². The molecule has 2 rings (SSSR count). The van der Waals surface area contributed by atoms with Crippen LogP contribution in [0.1, 0.15) is 39.2 Å². The summed E-state index contributed by atoms with van der Waals surface area (Å²) in [5, 5.41) is 44.4. The second-order valence-electron chi connectivity index (χ2n) is 12.6. The predicted octanol–water partition coefficient (Wildman–Crippen LogP) is -3.65. The molecule has 14 N–H and O–H groups in total. The first-order valence-corrected chi connectivity index (χ1v) is 17.6. The number of carbonyl (C=O) groups is 7. The largest absolute Gasteiger partial charge is 0.480 e. The maximum atomic E-state index is 13.5. The lowest BCUT2D eigenvalue weighted by atomic mass is 10.0. The van der Waals surface area contributed by atoms with Crippen LogP contribution >= 0.6 is 12.6 Å². The number of nitrogens with two attached hydrogens (primary N) is 2. The van der Waals surface area contributed by atoms with Gasteiger partial charge in [-0.05, 0) is 30.4 Å². The number of guanidine groups is 1. The molecule has 298 valence electrons. The first kappa shape index (κ1) is 44.7. The van der Waals surface area contributed by atoms with Crippen LogP contribution in [-0.2, 0) is 40.0 Å². The number of aliphatic hydroxyl groups is 2. The number of carboxylic acid groups (broad SMARTS) is 1. The highest BCUT2D eigenvalue weighted by Gasteiger charge is 2.33. The lowest BCUT2D eigenvalue weighted by Crippen LogP contribution is -2.61. The van der Waals surface area contributed by atoms with Crippen LogP contribution in [0.5, 0.6) is 0 Å². The molecule has 2 aromatic rings. The second kappa shape index (κ2) is 22.0. The van der Waals surface area contributed by atoms with Crippen LogP contribution in [-0.4, -0.2) is 129 Å². The Morgan fingerprint density at radius 2 is 1.31 bits per heavy atom. The fourth-order valence-corrected chi connectivity index (χ4v) is 5.44. The summed E-state index contributed by atoms with van der Waals surface area (Å²) < 4.78 is 0. The molecule has 0 aliphatic heterocycles. The number of H-pyrrole nitrogens is 1. The molecule has 1 aromatic carbocycles. The van der Waals surface area contributed by atoms with Crippen LogP contribution in [0.2, 0.25) is 0 Å². The summed E-state index contributed by atoms with van der Waals surface area (Å²) >= 11 is 4.14. The van der Waals surface area contributed by atoms with E-state index in [1.165, 1.54) is 0 Å². The number of nitrogens with zero attached hydrogens (tertiary/aromatic N) is 1. The number of benzene rings is 1. The molecule has 0 bridgehead atoms. The van der Waals surface area contributed by atoms with Gasteiger partial charge in [-0.25, -0.2) is 4.79 Å². The van der Waals surface area contributed by atoms with Crippen LogP contribution in [0.4, 0.5) is 0 Å². The molecule has 21 heteroatoms. The van der Waals surface area contributed by atoms with Gasteiger partial charge in [0.05, 0.1) is 13.2 Å². The minimum atomic E-state index is -1.62. The number of hydrogen-bond acceptors (Lipinski definition) is 11. The predicted molar refractivity (Wildman–Crippen MR) is 200 cm³/mol. The van der Waals surface area contributed by atoms with Gasteiger partial charge in [0.1, 0.15) is 36.3 Å². The second-order valence-corrected chi connectivity index (χ2v) is 13.0. The number of amides is 6. The molecule has 6 atom stereocenters. The highest BCUT2D eigenvalue weighted by Crippen LogP contribution is 2.19. The number of fused-ring (bicyclic) bond motifs is 1. The van der Waals surface area contributed by atoms with Gasteiger partial charge in [-0.2, -0.15) is 12.6 Å². The number of thiol groups is 1. The average molecular weight is 779 g/mol. The molecule has 1 aromatic heterocycles. The average Bonchev–Trinajstić information content (AvgIpc) is 3.53. The lowest BCUT2D eigenvalue weighted by Gasteiger charge is -2.28. The Morgan fingerprint density at radius 1 is 0.778 bits per heavy atom. The third kappa shape index (κ3) is 13.9. The lowest BCUT2D eigenvalue weighted by molar-refractivity contribution is -0.142. The van der Waals surface area contributed by atoms with Crippen molar-refractivity contribution in [3.05, 3.63) is 36.0 Å². The van der Waals surface area contributed by atoms with E-state index in [-0.39, 0.29) is 37.5 Å². The smallest absolute Gasteiger partial charge is 0.326 e. The molecule has 54 heavy (non-hydrogen) atoms. The minimum absolute atomic E-state index is 0.0478. The first-order chi connectivity index (χ1) is 25.5. The number of rotatable bonds is 22. The van der Waals surface area contributed by atoms with Crippen molar-refractivity contribution in [2.75, 3.05) is 25.5 Å². The van der Waals surface area contributed by atoms with Crippen LogP contribution < -0.4 is 43.4 Å². The highest BCUT2D eigenvalue weighted by molar-refractivity contribution is 7.80. The molecule has 0 spiro atoms. The van der Waals surface area contributed by atoms with Crippen molar-refractivity contribution in [2.24, 2.45) is 22.4 Å². The molecular weight excluding hydrogens is 728 g/mol. The van der Waals surface area contributed by atoms with Gasteiger partial charge in [0.2, 0.25) is 35.4 Å². The topological polar surface area (TPSA) is 333 Å². The Bertz CT molecular complexity index is 1660. The summed E-state index contributed by atoms with van der Waals surface area (Å²) in [5.41, 5.74) is 12.1. The van der Waals surface area contributed by atoms with Crippen molar-refractivity contribution >= 4 is 70.9 Å². The monoisotopic (exact) mass is 778 g/mol. The third-order valence-corrected chi connectivity index (χ3v) is 8.41. The van der Waals surface area contributed by atoms with E-state index >= 15 is 0 Å². The van der Waals surface area contributed by atoms with E-state index in [1.54, 1.807) is 44.3 Å². The van der Waals surface area contributed by atoms with Gasteiger partial charge < -0.3 is 63.7 Å². The van der Waals surface area contributed by atoms with Gasteiger partial charge in [-0.1, -0.05) is 32.0 Å². The maximum Gasteiger partial charge on any atom is 0.326 e. The Kier molecular flexibility index (Phi) is 18.2. The fraction of sp³-hybridized carbons (Fsp3) is 0.515. The van der Waals surface area contributed by atoms with E-state index in [9.17, 15) is 48.9 Å². The number of aromatic amines is 1. The molecule has 0 unspecified atom stereocenters. The molecule has 0 fully saturated rings. The van der Waals surface area contributed by atoms with Crippen molar-refractivity contribution in [1.29, 1.82) is 0 Å². The van der Waals surface area contributed by atoms with Crippen LogP contribution in [0, 0.1) is 5.92 Å². The highest BCUT2D eigenvalue weighted by atomic mass is 32.1. The summed E-state index contributed by atoms with van der Waals surface area (Å²) in [6, 6.07) is -1.18. The number of nitrogens with one attached hydrogen (secondary N) is 7. The molecule has 0 aliphatic carbocycles. The third-order valence-electron chi connectivity index (χ3n) is 8.05. The van der Waals surface area contributed by atoms with Gasteiger partial charge >= 0.3 is 5.97 Å². The molecule has 0 aliphatic rings. The summed E-state index contributed by atoms with van der Waals surface area (Å²) in [6.45, 7) is 2.78. The summed E-state index contributed by atoms with van der Waals surface area (Å²) in [6.07, 6.45) is 1.64. The Hall–Kier alpha value is -5.41. The van der Waals surface area contributed by atoms with Crippen molar-refractivity contribution < 1.29 is 48.9 Å². The molecular formula is C33H50N10O10S. The van der Waals surface area contributed by atoms with Crippen molar-refractivity contribution in [3.63, 3.8) is 0 Å². The number of aliphatic carboxylic acids is 1. The van der Waals surface area contributed by atoms with Crippen LogP contribution in [0.3, 0.4) is 0 Å². The van der Waals surface area contributed by atoms with Gasteiger partial charge in [0.25, 0.3) is 0 Å². The summed E-state index contributed by atoms with van der Waals surface area (Å²) in [5.74, 6) is -7.46.